The fourth-order valence-corrected chi connectivity index (χ4v) is 5.30. The molecule has 0 atom stereocenters. The minimum absolute atomic E-state index is 0.0583. The maximum absolute atomic E-state index is 13.7. The number of fused-ring (bicyclic) bond motifs is 1. The van der Waals surface area contributed by atoms with Gasteiger partial charge in [-0.2, -0.15) is 0 Å². The molecular weight excluding hydrogens is 436 g/mol. The van der Waals surface area contributed by atoms with Crippen LogP contribution in [0.5, 0.6) is 5.75 Å². The molecule has 1 aromatic heterocycles. The summed E-state index contributed by atoms with van der Waals surface area (Å²) in [5.74, 6) is 0.687. The van der Waals surface area contributed by atoms with E-state index in [1.54, 1.807) is 16.7 Å². The molecular formula is C26H26N2O2S2. The van der Waals surface area contributed by atoms with Crippen molar-refractivity contribution in [3.05, 3.63) is 83.9 Å². The molecule has 0 fully saturated rings. The number of thiazole rings is 1. The molecule has 0 aliphatic heterocycles. The van der Waals surface area contributed by atoms with Gasteiger partial charge in [-0.05, 0) is 42.8 Å². The van der Waals surface area contributed by atoms with Crippen molar-refractivity contribution >= 4 is 44.4 Å². The van der Waals surface area contributed by atoms with Crippen LogP contribution in [0, 0.1) is 0 Å². The quantitative estimate of drug-likeness (QED) is 0.263. The molecule has 6 heteroatoms. The van der Waals surface area contributed by atoms with Gasteiger partial charge in [-0.15, -0.1) is 11.8 Å². The lowest BCUT2D eigenvalue weighted by Gasteiger charge is -2.20. The van der Waals surface area contributed by atoms with E-state index in [1.807, 2.05) is 73.7 Å². The molecule has 3 aromatic carbocycles. The Bertz CT molecular complexity index is 1200. The van der Waals surface area contributed by atoms with Gasteiger partial charge in [0.05, 0.1) is 17.9 Å². The maximum Gasteiger partial charge on any atom is 0.260 e. The van der Waals surface area contributed by atoms with Crippen molar-refractivity contribution in [2.45, 2.75) is 37.5 Å². The lowest BCUT2D eigenvalue weighted by atomic mass is 10.1. The van der Waals surface area contributed by atoms with Crippen molar-refractivity contribution in [3.63, 3.8) is 0 Å². The molecule has 32 heavy (non-hydrogen) atoms. The summed E-state index contributed by atoms with van der Waals surface area (Å²) in [6, 6.07) is 23.8. The lowest BCUT2D eigenvalue weighted by molar-refractivity contribution is 0.0985. The average Bonchev–Trinajstić information content (AvgIpc) is 3.23. The molecule has 0 bridgehead atoms. The van der Waals surface area contributed by atoms with E-state index in [2.05, 4.69) is 19.9 Å². The molecule has 4 rings (SSSR count). The summed E-state index contributed by atoms with van der Waals surface area (Å²) in [6.07, 6.45) is 0. The van der Waals surface area contributed by atoms with Crippen molar-refractivity contribution < 1.29 is 9.53 Å². The molecule has 0 saturated carbocycles. The third-order valence-corrected chi connectivity index (χ3v) is 6.82. The van der Waals surface area contributed by atoms with Gasteiger partial charge in [0, 0.05) is 15.7 Å². The fourth-order valence-electron chi connectivity index (χ4n) is 3.42. The first-order chi connectivity index (χ1) is 15.5. The molecule has 0 unspecified atom stereocenters. The summed E-state index contributed by atoms with van der Waals surface area (Å²) in [6.45, 7) is 7.28. The number of rotatable bonds is 8. The van der Waals surface area contributed by atoms with Gasteiger partial charge >= 0.3 is 0 Å². The van der Waals surface area contributed by atoms with Crippen LogP contribution in [0.15, 0.2) is 77.7 Å². The second-order valence-electron chi connectivity index (χ2n) is 7.60. The van der Waals surface area contributed by atoms with Gasteiger partial charge in [-0.1, -0.05) is 67.6 Å². The van der Waals surface area contributed by atoms with E-state index < -0.39 is 0 Å². The maximum atomic E-state index is 13.7. The minimum Gasteiger partial charge on any atom is -0.492 e. The zero-order chi connectivity index (χ0) is 22.5. The first-order valence-corrected chi connectivity index (χ1v) is 12.4. The first kappa shape index (κ1) is 22.4. The highest BCUT2D eigenvalue weighted by Gasteiger charge is 2.23. The Hall–Kier alpha value is -2.83. The number of aromatic nitrogens is 1. The van der Waals surface area contributed by atoms with Crippen LogP contribution in [0.4, 0.5) is 5.13 Å². The number of hydrogen-bond donors (Lipinski definition) is 0. The smallest absolute Gasteiger partial charge is 0.260 e. The molecule has 0 aliphatic carbocycles. The number of ether oxygens (including phenoxy) is 1. The monoisotopic (exact) mass is 462 g/mol. The SMILES string of the molecule is CCOc1cccc2sc(N(Cc3ccccc3)C(=O)c3cccc(SC(C)C)c3)nc12. The highest BCUT2D eigenvalue weighted by molar-refractivity contribution is 7.99. The van der Waals surface area contributed by atoms with Gasteiger partial charge in [-0.3, -0.25) is 9.69 Å². The van der Waals surface area contributed by atoms with E-state index in [-0.39, 0.29) is 5.91 Å². The minimum atomic E-state index is -0.0583. The van der Waals surface area contributed by atoms with Gasteiger partial charge < -0.3 is 4.74 Å². The van der Waals surface area contributed by atoms with Crippen molar-refractivity contribution in [3.8, 4) is 5.75 Å². The van der Waals surface area contributed by atoms with Crippen LogP contribution >= 0.6 is 23.1 Å². The van der Waals surface area contributed by atoms with Gasteiger partial charge in [-0.25, -0.2) is 4.98 Å². The number of amides is 1. The molecule has 1 heterocycles. The number of anilines is 1. The van der Waals surface area contributed by atoms with E-state index in [0.29, 0.717) is 29.1 Å². The lowest BCUT2D eigenvalue weighted by Crippen LogP contribution is -2.30. The third-order valence-electron chi connectivity index (χ3n) is 4.78. The zero-order valence-corrected chi connectivity index (χ0v) is 20.1. The van der Waals surface area contributed by atoms with Gasteiger partial charge in [0.2, 0.25) is 0 Å². The molecule has 0 radical (unpaired) electrons. The third kappa shape index (κ3) is 5.14. The van der Waals surface area contributed by atoms with Gasteiger partial charge in [0.15, 0.2) is 5.13 Å². The second kappa shape index (κ2) is 10.2. The topological polar surface area (TPSA) is 42.4 Å². The van der Waals surface area contributed by atoms with Crippen LogP contribution in [-0.2, 0) is 6.54 Å². The number of hydrogen-bond acceptors (Lipinski definition) is 5. The molecule has 1 amide bonds. The van der Waals surface area contributed by atoms with Gasteiger partial charge in [0.1, 0.15) is 11.3 Å². The van der Waals surface area contributed by atoms with Gasteiger partial charge in [0.25, 0.3) is 5.91 Å². The Morgan fingerprint density at radius 1 is 1.06 bits per heavy atom. The molecule has 0 N–H and O–H groups in total. The number of para-hydroxylation sites is 1. The predicted octanol–water partition coefficient (Wildman–Crippen LogP) is 7.04. The average molecular weight is 463 g/mol. The summed E-state index contributed by atoms with van der Waals surface area (Å²) >= 11 is 3.26. The summed E-state index contributed by atoms with van der Waals surface area (Å²) in [4.78, 5) is 21.4. The molecule has 0 spiro atoms. The molecule has 4 nitrogen and oxygen atoms in total. The fraction of sp³-hybridized carbons (Fsp3) is 0.231. The summed E-state index contributed by atoms with van der Waals surface area (Å²) in [5, 5.41) is 1.12. The highest BCUT2D eigenvalue weighted by Crippen LogP contribution is 2.35. The predicted molar refractivity (Wildman–Crippen MR) is 135 cm³/mol. The summed E-state index contributed by atoms with van der Waals surface area (Å²) < 4.78 is 6.77. The highest BCUT2D eigenvalue weighted by atomic mass is 32.2. The van der Waals surface area contributed by atoms with E-state index in [9.17, 15) is 4.79 Å². The van der Waals surface area contributed by atoms with Crippen molar-refractivity contribution in [1.82, 2.24) is 4.98 Å². The molecule has 4 aromatic rings. The van der Waals surface area contributed by atoms with Crippen molar-refractivity contribution in [2.24, 2.45) is 0 Å². The molecule has 0 saturated heterocycles. The number of thioether (sulfide) groups is 1. The number of carbonyl (C=O) groups excluding carboxylic acids is 1. The van der Waals surface area contributed by atoms with Crippen LogP contribution in [0.1, 0.15) is 36.7 Å². The summed E-state index contributed by atoms with van der Waals surface area (Å²) in [7, 11) is 0. The van der Waals surface area contributed by atoms with Crippen LogP contribution < -0.4 is 9.64 Å². The Labute approximate surface area is 197 Å². The Kier molecular flexibility index (Phi) is 7.12. The summed E-state index contributed by atoms with van der Waals surface area (Å²) in [5.41, 5.74) is 2.51. The van der Waals surface area contributed by atoms with Crippen LogP contribution in [0.2, 0.25) is 0 Å². The number of nitrogens with zero attached hydrogens (tertiary/aromatic N) is 2. The Morgan fingerprint density at radius 3 is 2.59 bits per heavy atom. The zero-order valence-electron chi connectivity index (χ0n) is 18.4. The van der Waals surface area contributed by atoms with E-state index >= 15 is 0 Å². The van der Waals surface area contributed by atoms with E-state index in [1.165, 1.54) is 11.3 Å². The Morgan fingerprint density at radius 2 is 1.84 bits per heavy atom. The number of benzene rings is 3. The largest absolute Gasteiger partial charge is 0.492 e. The molecule has 0 aliphatic rings. The van der Waals surface area contributed by atoms with Crippen LogP contribution in [0.25, 0.3) is 10.2 Å². The molecule has 164 valence electrons. The normalized spacial score (nSPS) is 11.1. The van der Waals surface area contributed by atoms with Crippen molar-refractivity contribution in [1.29, 1.82) is 0 Å². The van der Waals surface area contributed by atoms with Crippen LogP contribution in [0.3, 0.4) is 0 Å². The first-order valence-electron chi connectivity index (χ1n) is 10.7. The van der Waals surface area contributed by atoms with Crippen molar-refractivity contribution in [2.75, 3.05) is 11.5 Å². The van der Waals surface area contributed by atoms with E-state index in [0.717, 1.165) is 26.4 Å². The second-order valence-corrected chi connectivity index (χ2v) is 10.3. The number of carbonyl (C=O) groups is 1. The van der Waals surface area contributed by atoms with E-state index in [4.69, 9.17) is 9.72 Å². The Balaban J connectivity index is 1.75. The van der Waals surface area contributed by atoms with Crippen LogP contribution in [-0.4, -0.2) is 22.7 Å². The standard InChI is InChI=1S/C26H26N2O2S2/c1-4-30-22-14-9-15-23-24(22)27-26(32-23)28(17-19-10-6-5-7-11-19)25(29)20-12-8-13-21(16-20)31-18(2)3/h5-16,18H,4,17H2,1-3H3.